The van der Waals surface area contributed by atoms with E-state index >= 15 is 0 Å². The van der Waals surface area contributed by atoms with Crippen molar-refractivity contribution in [3.63, 3.8) is 0 Å². The van der Waals surface area contributed by atoms with E-state index in [1.54, 1.807) is 11.6 Å². The number of pyridine rings is 1. The maximum atomic E-state index is 11.6. The number of hydrogen-bond donors (Lipinski definition) is 2. The number of aromatic nitrogens is 3. The summed E-state index contributed by atoms with van der Waals surface area (Å²) in [7, 11) is 0. The summed E-state index contributed by atoms with van der Waals surface area (Å²) in [6.45, 7) is 0.986. The van der Waals surface area contributed by atoms with E-state index < -0.39 is 0 Å². The number of thioether (sulfide) groups is 1. The van der Waals surface area contributed by atoms with Crippen molar-refractivity contribution in [3.8, 4) is 0 Å². The lowest BCUT2D eigenvalue weighted by Crippen LogP contribution is -2.30. The molecule has 0 unspecified atom stereocenters. The number of nitrogens with zero attached hydrogens (tertiary/aromatic N) is 3. The largest absolute Gasteiger partial charge is 0.367 e. The van der Waals surface area contributed by atoms with Gasteiger partial charge < -0.3 is 10.6 Å². The number of anilines is 1. The second-order valence-electron chi connectivity index (χ2n) is 3.75. The molecule has 0 saturated heterocycles. The van der Waals surface area contributed by atoms with Crippen molar-refractivity contribution in [2.24, 2.45) is 0 Å². The van der Waals surface area contributed by atoms with Crippen LogP contribution in [0.4, 0.5) is 5.82 Å². The highest BCUT2D eigenvalue weighted by Crippen LogP contribution is 2.22. The third kappa shape index (κ3) is 5.66. The van der Waals surface area contributed by atoms with Gasteiger partial charge in [0.1, 0.15) is 11.3 Å². The first-order chi connectivity index (χ1) is 10.1. The van der Waals surface area contributed by atoms with Crippen LogP contribution in [0.15, 0.2) is 22.1 Å². The fraction of sp³-hybridized carbons (Fsp3) is 0.273. The standard InChI is InChI=1S/C11H11Cl2N5OS2/c12-7-3-8(13)10(16-4-7)15-2-1-14-9(19)5-20-11-18-17-6-21-11/h3-4,6H,1-2,5H2,(H,14,19)(H,15,16). The Kier molecular flexibility index (Phi) is 6.50. The molecule has 0 aliphatic rings. The van der Waals surface area contributed by atoms with Crippen LogP contribution in [0.2, 0.25) is 10.0 Å². The molecule has 2 heterocycles. The second kappa shape index (κ2) is 8.38. The first-order valence-corrected chi connectivity index (χ1v) is 8.48. The highest BCUT2D eigenvalue weighted by molar-refractivity contribution is 8.01. The Morgan fingerprint density at radius 3 is 2.95 bits per heavy atom. The second-order valence-corrected chi connectivity index (χ2v) is 6.65. The van der Waals surface area contributed by atoms with Crippen LogP contribution < -0.4 is 10.6 Å². The number of rotatable bonds is 7. The van der Waals surface area contributed by atoms with Gasteiger partial charge in [-0.3, -0.25) is 4.79 Å². The first kappa shape index (κ1) is 16.3. The van der Waals surface area contributed by atoms with Gasteiger partial charge in [0.05, 0.1) is 15.8 Å². The van der Waals surface area contributed by atoms with E-state index in [2.05, 4.69) is 25.8 Å². The number of amides is 1. The highest BCUT2D eigenvalue weighted by atomic mass is 35.5. The zero-order valence-corrected chi connectivity index (χ0v) is 13.8. The maximum Gasteiger partial charge on any atom is 0.230 e. The molecule has 6 nitrogen and oxygen atoms in total. The molecule has 0 aliphatic carbocycles. The summed E-state index contributed by atoms with van der Waals surface area (Å²) in [6.07, 6.45) is 1.51. The van der Waals surface area contributed by atoms with E-state index in [1.807, 2.05) is 0 Å². The minimum Gasteiger partial charge on any atom is -0.367 e. The van der Waals surface area contributed by atoms with E-state index in [9.17, 15) is 4.79 Å². The fourth-order valence-electron chi connectivity index (χ4n) is 1.33. The maximum absolute atomic E-state index is 11.6. The van der Waals surface area contributed by atoms with Gasteiger partial charge in [-0.2, -0.15) is 0 Å². The van der Waals surface area contributed by atoms with E-state index in [0.29, 0.717) is 34.7 Å². The molecular formula is C11H11Cl2N5OS2. The predicted molar refractivity (Wildman–Crippen MR) is 86.4 cm³/mol. The van der Waals surface area contributed by atoms with Crippen LogP contribution in [0.3, 0.4) is 0 Å². The smallest absolute Gasteiger partial charge is 0.230 e. The van der Waals surface area contributed by atoms with Crippen molar-refractivity contribution in [2.45, 2.75) is 4.34 Å². The van der Waals surface area contributed by atoms with Gasteiger partial charge >= 0.3 is 0 Å². The molecule has 2 rings (SSSR count). The molecule has 0 spiro atoms. The van der Waals surface area contributed by atoms with Crippen molar-refractivity contribution in [3.05, 3.63) is 27.8 Å². The van der Waals surface area contributed by atoms with Crippen LogP contribution in [0, 0.1) is 0 Å². The Balaban J connectivity index is 1.64. The molecule has 2 aromatic heterocycles. The van der Waals surface area contributed by atoms with Gasteiger partial charge in [0.2, 0.25) is 5.91 Å². The van der Waals surface area contributed by atoms with Crippen LogP contribution in [-0.2, 0) is 4.79 Å². The molecule has 112 valence electrons. The van der Waals surface area contributed by atoms with Crippen molar-refractivity contribution in [1.29, 1.82) is 0 Å². The van der Waals surface area contributed by atoms with Crippen LogP contribution in [0.5, 0.6) is 0 Å². The summed E-state index contributed by atoms with van der Waals surface area (Å²) in [6, 6.07) is 1.61. The highest BCUT2D eigenvalue weighted by Gasteiger charge is 2.05. The molecule has 0 saturated carbocycles. The molecule has 0 radical (unpaired) electrons. The number of carbonyl (C=O) groups excluding carboxylic acids is 1. The average Bonchev–Trinajstić information content (AvgIpc) is 2.96. The molecule has 10 heteroatoms. The van der Waals surface area contributed by atoms with Gasteiger partial charge in [-0.1, -0.05) is 46.3 Å². The van der Waals surface area contributed by atoms with Crippen LogP contribution in [0.25, 0.3) is 0 Å². The minimum atomic E-state index is -0.0628. The first-order valence-electron chi connectivity index (χ1n) is 5.86. The number of carbonyl (C=O) groups is 1. The number of hydrogen-bond acceptors (Lipinski definition) is 7. The lowest BCUT2D eigenvalue weighted by atomic mass is 10.4. The summed E-state index contributed by atoms with van der Waals surface area (Å²) in [5.74, 6) is 0.792. The van der Waals surface area contributed by atoms with Gasteiger partial charge in [0, 0.05) is 19.3 Å². The lowest BCUT2D eigenvalue weighted by Gasteiger charge is -2.08. The molecule has 21 heavy (non-hydrogen) atoms. The Morgan fingerprint density at radius 1 is 1.38 bits per heavy atom. The van der Waals surface area contributed by atoms with Crippen LogP contribution >= 0.6 is 46.3 Å². The zero-order valence-electron chi connectivity index (χ0n) is 10.7. The van der Waals surface area contributed by atoms with E-state index in [4.69, 9.17) is 23.2 Å². The molecule has 0 aliphatic heterocycles. The molecule has 2 aromatic rings. The summed E-state index contributed by atoms with van der Waals surface area (Å²) >= 11 is 14.5. The Hall–Kier alpha value is -1.09. The molecule has 0 aromatic carbocycles. The van der Waals surface area contributed by atoms with Crippen molar-refractivity contribution >= 4 is 58.0 Å². The van der Waals surface area contributed by atoms with Gasteiger partial charge in [0.25, 0.3) is 0 Å². The van der Waals surface area contributed by atoms with Crippen LogP contribution in [0.1, 0.15) is 0 Å². The quantitative estimate of drug-likeness (QED) is 0.581. The monoisotopic (exact) mass is 363 g/mol. The topological polar surface area (TPSA) is 79.8 Å². The van der Waals surface area contributed by atoms with E-state index in [0.717, 1.165) is 4.34 Å². The lowest BCUT2D eigenvalue weighted by molar-refractivity contribution is -0.118. The molecule has 1 amide bonds. The average molecular weight is 364 g/mol. The van der Waals surface area contributed by atoms with E-state index in [1.165, 1.54) is 29.3 Å². The third-order valence-corrected chi connectivity index (χ3v) is 4.57. The summed E-state index contributed by atoms with van der Waals surface area (Å²) in [5.41, 5.74) is 1.63. The molecule has 0 fully saturated rings. The minimum absolute atomic E-state index is 0.0628. The van der Waals surface area contributed by atoms with Crippen LogP contribution in [-0.4, -0.2) is 39.9 Å². The predicted octanol–water partition coefficient (Wildman–Crippen LogP) is 2.56. The molecular weight excluding hydrogens is 353 g/mol. The van der Waals surface area contributed by atoms with Crippen molar-refractivity contribution in [1.82, 2.24) is 20.5 Å². The summed E-state index contributed by atoms with van der Waals surface area (Å²) < 4.78 is 0.778. The number of halogens is 2. The molecule has 0 bridgehead atoms. The summed E-state index contributed by atoms with van der Waals surface area (Å²) in [5, 5.41) is 14.3. The van der Waals surface area contributed by atoms with Gasteiger partial charge in [-0.05, 0) is 6.07 Å². The fourth-order valence-corrected chi connectivity index (χ4v) is 3.10. The zero-order chi connectivity index (χ0) is 15.1. The molecule has 0 atom stereocenters. The molecule has 2 N–H and O–H groups in total. The van der Waals surface area contributed by atoms with E-state index in [-0.39, 0.29) is 5.91 Å². The number of nitrogens with one attached hydrogen (secondary N) is 2. The normalized spacial score (nSPS) is 10.4. The van der Waals surface area contributed by atoms with Gasteiger partial charge in [-0.15, -0.1) is 10.2 Å². The SMILES string of the molecule is O=C(CSc1nncs1)NCCNc1ncc(Cl)cc1Cl. The Labute approximate surface area is 139 Å². The summed E-state index contributed by atoms with van der Waals surface area (Å²) in [4.78, 5) is 15.7. The Morgan fingerprint density at radius 2 is 2.24 bits per heavy atom. The van der Waals surface area contributed by atoms with Gasteiger partial charge in [0.15, 0.2) is 4.34 Å². The van der Waals surface area contributed by atoms with Crippen molar-refractivity contribution in [2.75, 3.05) is 24.2 Å². The van der Waals surface area contributed by atoms with Crippen molar-refractivity contribution < 1.29 is 4.79 Å². The van der Waals surface area contributed by atoms with Gasteiger partial charge in [-0.25, -0.2) is 4.98 Å². The Bertz CT molecular complexity index is 596. The third-order valence-electron chi connectivity index (χ3n) is 2.21.